The quantitative estimate of drug-likeness (QED) is 0.340. The Labute approximate surface area is 224 Å². The summed E-state index contributed by atoms with van der Waals surface area (Å²) in [5.74, 6) is 0.0403. The Morgan fingerprint density at radius 3 is 2.82 bits per heavy atom. The molecule has 3 aromatic heterocycles. The van der Waals surface area contributed by atoms with Gasteiger partial charge in [0.2, 0.25) is 11.8 Å². The molecule has 0 unspecified atom stereocenters. The van der Waals surface area contributed by atoms with E-state index in [1.54, 1.807) is 32.4 Å². The maximum Gasteiger partial charge on any atom is 0.309 e. The molecule has 2 fully saturated rings. The minimum Gasteiger partial charge on any atom is -0.466 e. The number of anilines is 3. The Morgan fingerprint density at radius 2 is 2.03 bits per heavy atom. The van der Waals surface area contributed by atoms with E-state index >= 15 is 0 Å². The first kappa shape index (κ1) is 25.1. The molecule has 2 N–H and O–H groups in total. The second kappa shape index (κ2) is 10.1. The van der Waals surface area contributed by atoms with Crippen molar-refractivity contribution < 1.29 is 23.5 Å². The zero-order chi connectivity index (χ0) is 27.1. The summed E-state index contributed by atoms with van der Waals surface area (Å²) < 4.78 is 16.9. The summed E-state index contributed by atoms with van der Waals surface area (Å²) in [6.45, 7) is 6.45. The van der Waals surface area contributed by atoms with Gasteiger partial charge in [0.1, 0.15) is 17.2 Å². The number of amides is 1. The van der Waals surface area contributed by atoms with Crippen molar-refractivity contribution >= 4 is 51.1 Å². The highest BCUT2D eigenvalue weighted by Gasteiger charge is 2.49. The van der Waals surface area contributed by atoms with E-state index in [4.69, 9.17) is 18.9 Å². The van der Waals surface area contributed by atoms with Crippen LogP contribution in [0, 0.1) is 11.8 Å². The van der Waals surface area contributed by atoms with Gasteiger partial charge in [-0.15, -0.1) is 0 Å². The molecule has 1 saturated heterocycles. The summed E-state index contributed by atoms with van der Waals surface area (Å²) in [4.78, 5) is 40.8. The third-order valence-electron chi connectivity index (χ3n) is 7.18. The summed E-state index contributed by atoms with van der Waals surface area (Å²) in [6, 6.07) is 7.78. The van der Waals surface area contributed by atoms with Gasteiger partial charge in [0.05, 0.1) is 36.7 Å². The Morgan fingerprint density at radius 1 is 1.15 bits per heavy atom. The van der Waals surface area contributed by atoms with E-state index in [2.05, 4.69) is 32.4 Å². The lowest BCUT2D eigenvalue weighted by Gasteiger charge is -2.32. The van der Waals surface area contributed by atoms with Crippen LogP contribution in [0.2, 0.25) is 0 Å². The zero-order valence-electron chi connectivity index (χ0n) is 22.1. The van der Waals surface area contributed by atoms with Crippen LogP contribution in [0.15, 0.2) is 41.1 Å². The van der Waals surface area contributed by atoms with E-state index in [0.29, 0.717) is 48.3 Å². The molecule has 1 aliphatic heterocycles. The number of fused-ring (bicyclic) bond motifs is 2. The zero-order valence-corrected chi connectivity index (χ0v) is 22.1. The lowest BCUT2D eigenvalue weighted by atomic mass is 10.1. The van der Waals surface area contributed by atoms with E-state index in [9.17, 15) is 9.59 Å². The molecule has 202 valence electrons. The molecule has 4 heterocycles. The summed E-state index contributed by atoms with van der Waals surface area (Å²) >= 11 is 0. The number of hydrogen-bond acceptors (Lipinski definition) is 10. The van der Waals surface area contributed by atoms with Gasteiger partial charge < -0.3 is 29.4 Å². The number of rotatable bonds is 7. The number of aromatic nitrogens is 3. The van der Waals surface area contributed by atoms with Crippen LogP contribution in [-0.2, 0) is 19.1 Å². The fraction of sp³-hybridized carbons (Fsp3) is 0.393. The molecule has 4 aromatic rings. The minimum atomic E-state index is -0.410. The second-order valence-electron chi connectivity index (χ2n) is 9.87. The number of carbonyl (C=O) groups excluding carboxylic acids is 2. The molecule has 1 amide bonds. The predicted molar refractivity (Wildman–Crippen MR) is 147 cm³/mol. The standard InChI is InChI=1S/C28H30N6O5/c1-4-37-28(36)19-10-18(19)26(35)33-24-11-17-20(12-30-24)25(29-3)31-13-21(17)27-32-22-9-16(5-6-23(22)39-27)34-7-8-38-15(2)14-34/h5-6,9,11-13,15,18-19H,4,7-8,10,14H2,1-3H3,(H,29,31)(H,30,33,35)/t15-,18-,19+/m0/s1. The topological polar surface area (TPSA) is 132 Å². The molecule has 11 heteroatoms. The van der Waals surface area contributed by atoms with Gasteiger partial charge in [-0.1, -0.05) is 0 Å². The third-order valence-corrected chi connectivity index (χ3v) is 7.18. The first-order chi connectivity index (χ1) is 18.9. The average molecular weight is 531 g/mol. The van der Waals surface area contributed by atoms with E-state index in [1.807, 2.05) is 18.2 Å². The number of nitrogens with one attached hydrogen (secondary N) is 2. The van der Waals surface area contributed by atoms with Gasteiger partial charge in [0.25, 0.3) is 0 Å². The summed E-state index contributed by atoms with van der Waals surface area (Å²) in [6.07, 6.45) is 4.01. The van der Waals surface area contributed by atoms with E-state index in [0.717, 1.165) is 35.1 Å². The molecule has 11 nitrogen and oxygen atoms in total. The first-order valence-corrected chi connectivity index (χ1v) is 13.2. The second-order valence-corrected chi connectivity index (χ2v) is 9.87. The monoisotopic (exact) mass is 530 g/mol. The van der Waals surface area contributed by atoms with Crippen LogP contribution >= 0.6 is 0 Å². The molecule has 0 bridgehead atoms. The Hall–Kier alpha value is -4.25. The van der Waals surface area contributed by atoms with E-state index in [-0.39, 0.29) is 18.0 Å². The minimum absolute atomic E-state index is 0.171. The summed E-state index contributed by atoms with van der Waals surface area (Å²) in [5, 5.41) is 7.46. The number of ether oxygens (including phenoxy) is 2. The molecule has 1 saturated carbocycles. The normalized spacial score (nSPS) is 20.7. The van der Waals surface area contributed by atoms with Gasteiger partial charge in [-0.3, -0.25) is 9.59 Å². The molecule has 1 aliphatic carbocycles. The average Bonchev–Trinajstić information content (AvgIpc) is 3.64. The lowest BCUT2D eigenvalue weighted by Crippen LogP contribution is -2.41. The predicted octanol–water partition coefficient (Wildman–Crippen LogP) is 3.84. The number of nitrogens with zero attached hydrogens (tertiary/aromatic N) is 4. The number of oxazole rings is 1. The Balaban J connectivity index is 1.31. The van der Waals surface area contributed by atoms with Crippen LogP contribution in [0.25, 0.3) is 33.3 Å². The van der Waals surface area contributed by atoms with Crippen molar-refractivity contribution in [1.29, 1.82) is 0 Å². The van der Waals surface area contributed by atoms with Gasteiger partial charge in [-0.2, -0.15) is 0 Å². The van der Waals surface area contributed by atoms with Gasteiger partial charge in [0, 0.05) is 49.0 Å². The van der Waals surface area contributed by atoms with Crippen molar-refractivity contribution in [3.8, 4) is 11.5 Å². The van der Waals surface area contributed by atoms with Crippen molar-refractivity contribution in [2.75, 3.05) is 48.9 Å². The smallest absolute Gasteiger partial charge is 0.309 e. The number of carbonyl (C=O) groups is 2. The molecule has 0 spiro atoms. The van der Waals surface area contributed by atoms with Crippen molar-refractivity contribution in [1.82, 2.24) is 15.0 Å². The van der Waals surface area contributed by atoms with Crippen molar-refractivity contribution in [2.24, 2.45) is 11.8 Å². The molecule has 2 aliphatic rings. The van der Waals surface area contributed by atoms with Crippen LogP contribution < -0.4 is 15.5 Å². The fourth-order valence-electron chi connectivity index (χ4n) is 5.07. The SMILES string of the molecule is CCOC(=O)[C@@H]1C[C@@H]1C(=O)Nc1cc2c(-c3nc4cc(N5CCO[C@@H](C)C5)ccc4o3)cnc(NC)c2cn1. The van der Waals surface area contributed by atoms with Crippen LogP contribution in [0.1, 0.15) is 20.3 Å². The van der Waals surface area contributed by atoms with E-state index < -0.39 is 11.8 Å². The molecule has 0 radical (unpaired) electrons. The summed E-state index contributed by atoms with van der Waals surface area (Å²) in [7, 11) is 1.78. The highest BCUT2D eigenvalue weighted by molar-refractivity contribution is 6.04. The van der Waals surface area contributed by atoms with Gasteiger partial charge in [-0.25, -0.2) is 15.0 Å². The molecule has 1 aromatic carbocycles. The highest BCUT2D eigenvalue weighted by Crippen LogP contribution is 2.41. The van der Waals surface area contributed by atoms with Gasteiger partial charge >= 0.3 is 5.97 Å². The number of esters is 1. The van der Waals surface area contributed by atoms with Crippen molar-refractivity contribution in [3.63, 3.8) is 0 Å². The number of morpholine rings is 1. The number of hydrogen-bond donors (Lipinski definition) is 2. The van der Waals surface area contributed by atoms with Crippen LogP contribution in [0.3, 0.4) is 0 Å². The number of pyridine rings is 2. The molecule has 39 heavy (non-hydrogen) atoms. The van der Waals surface area contributed by atoms with Gasteiger partial charge in [-0.05, 0) is 44.5 Å². The fourth-order valence-corrected chi connectivity index (χ4v) is 5.07. The van der Waals surface area contributed by atoms with Crippen molar-refractivity contribution in [2.45, 2.75) is 26.4 Å². The first-order valence-electron chi connectivity index (χ1n) is 13.2. The highest BCUT2D eigenvalue weighted by atomic mass is 16.5. The Kier molecular flexibility index (Phi) is 6.51. The van der Waals surface area contributed by atoms with Crippen LogP contribution in [0.4, 0.5) is 17.3 Å². The molecule has 3 atom stereocenters. The number of benzene rings is 1. The molecule has 6 rings (SSSR count). The third kappa shape index (κ3) is 4.85. The molecular formula is C28H30N6O5. The molecular weight excluding hydrogens is 500 g/mol. The largest absolute Gasteiger partial charge is 0.466 e. The lowest BCUT2D eigenvalue weighted by molar-refractivity contribution is -0.145. The van der Waals surface area contributed by atoms with E-state index in [1.165, 1.54) is 0 Å². The van der Waals surface area contributed by atoms with Crippen molar-refractivity contribution in [3.05, 3.63) is 36.7 Å². The van der Waals surface area contributed by atoms with Crippen LogP contribution in [-0.4, -0.2) is 66.3 Å². The van der Waals surface area contributed by atoms with Gasteiger partial charge in [0.15, 0.2) is 5.58 Å². The van der Waals surface area contributed by atoms with Crippen LogP contribution in [0.5, 0.6) is 0 Å². The summed E-state index contributed by atoms with van der Waals surface area (Å²) in [5.41, 5.74) is 3.16. The maximum absolute atomic E-state index is 12.8. The maximum atomic E-state index is 12.8. The Bertz CT molecular complexity index is 1570.